The highest BCUT2D eigenvalue weighted by Gasteiger charge is 2.23. The highest BCUT2D eigenvalue weighted by Crippen LogP contribution is 2.39. The van der Waals surface area contributed by atoms with Crippen molar-refractivity contribution < 1.29 is 14.3 Å². The molecule has 3 heterocycles. The quantitative estimate of drug-likeness (QED) is 0.706. The van der Waals surface area contributed by atoms with Crippen molar-refractivity contribution >= 4 is 33.0 Å². The number of hydrogen-bond acceptors (Lipinski definition) is 6. The molecule has 4 rings (SSSR count). The van der Waals surface area contributed by atoms with Crippen LogP contribution in [-0.2, 0) is 6.42 Å². The molecule has 0 spiro atoms. The van der Waals surface area contributed by atoms with Crippen molar-refractivity contribution in [3.63, 3.8) is 0 Å². The van der Waals surface area contributed by atoms with Crippen LogP contribution < -0.4 is 15.2 Å². The number of ketones is 1. The Kier molecular flexibility index (Phi) is 4.07. The molecule has 0 saturated carbocycles. The number of hydrogen-bond donors (Lipinski definition) is 1. The van der Waals surface area contributed by atoms with Crippen LogP contribution in [0.25, 0.3) is 10.2 Å². The molecular formula is C20H20N2O3S. The number of aromatic nitrogens is 1. The van der Waals surface area contributed by atoms with E-state index < -0.39 is 0 Å². The minimum atomic E-state index is -0.113. The smallest absolute Gasteiger partial charge is 0.205 e. The number of nitrogens with two attached hydrogens (primary N) is 1. The first-order chi connectivity index (χ1) is 12.5. The van der Waals surface area contributed by atoms with Crippen molar-refractivity contribution in [2.45, 2.75) is 27.2 Å². The van der Waals surface area contributed by atoms with Gasteiger partial charge in [0.2, 0.25) is 5.78 Å². The Bertz CT molecular complexity index is 1040. The monoisotopic (exact) mass is 368 g/mol. The van der Waals surface area contributed by atoms with Gasteiger partial charge < -0.3 is 15.2 Å². The van der Waals surface area contributed by atoms with Gasteiger partial charge in [0, 0.05) is 16.6 Å². The molecule has 0 fully saturated rings. The van der Waals surface area contributed by atoms with Gasteiger partial charge in [-0.3, -0.25) is 4.79 Å². The third-order valence-corrected chi connectivity index (χ3v) is 5.92. The van der Waals surface area contributed by atoms with Gasteiger partial charge >= 0.3 is 0 Å². The fraction of sp³-hybridized carbons (Fsp3) is 0.300. The average molecular weight is 368 g/mol. The molecule has 1 aliphatic rings. The molecule has 6 heteroatoms. The van der Waals surface area contributed by atoms with Crippen molar-refractivity contribution in [2.75, 3.05) is 18.9 Å². The Morgan fingerprint density at radius 1 is 1.23 bits per heavy atom. The lowest BCUT2D eigenvalue weighted by atomic mass is 10.0. The van der Waals surface area contributed by atoms with Gasteiger partial charge in [-0.2, -0.15) is 0 Å². The molecule has 0 atom stereocenters. The lowest BCUT2D eigenvalue weighted by Gasteiger charge is -2.18. The van der Waals surface area contributed by atoms with E-state index in [0.29, 0.717) is 40.8 Å². The molecule has 0 radical (unpaired) electrons. The summed E-state index contributed by atoms with van der Waals surface area (Å²) in [4.78, 5) is 19.1. The number of fused-ring (bicyclic) bond motifs is 2. The normalized spacial score (nSPS) is 13.2. The van der Waals surface area contributed by atoms with E-state index in [1.54, 1.807) is 18.2 Å². The van der Waals surface area contributed by atoms with Crippen LogP contribution in [0, 0.1) is 13.8 Å². The van der Waals surface area contributed by atoms with E-state index in [0.717, 1.165) is 27.9 Å². The van der Waals surface area contributed by atoms with E-state index in [1.807, 2.05) is 6.92 Å². The van der Waals surface area contributed by atoms with Gasteiger partial charge in [0.15, 0.2) is 11.5 Å². The molecule has 5 nitrogen and oxygen atoms in total. The molecule has 26 heavy (non-hydrogen) atoms. The van der Waals surface area contributed by atoms with Crippen LogP contribution in [0.3, 0.4) is 0 Å². The van der Waals surface area contributed by atoms with E-state index in [-0.39, 0.29) is 5.78 Å². The number of rotatable bonds is 3. The van der Waals surface area contributed by atoms with Crippen LogP contribution in [0.4, 0.5) is 5.69 Å². The van der Waals surface area contributed by atoms with Crippen LogP contribution >= 0.6 is 11.3 Å². The van der Waals surface area contributed by atoms with Crippen molar-refractivity contribution in [1.29, 1.82) is 0 Å². The summed E-state index contributed by atoms with van der Waals surface area (Å²) in [5.41, 5.74) is 10.7. The van der Waals surface area contributed by atoms with E-state index in [9.17, 15) is 4.79 Å². The first-order valence-electron chi connectivity index (χ1n) is 8.63. The van der Waals surface area contributed by atoms with Gasteiger partial charge in [-0.15, -0.1) is 11.3 Å². The van der Waals surface area contributed by atoms with Crippen molar-refractivity contribution in [2.24, 2.45) is 0 Å². The third-order valence-electron chi connectivity index (χ3n) is 4.82. The van der Waals surface area contributed by atoms with Crippen LogP contribution in [-0.4, -0.2) is 24.0 Å². The zero-order chi connectivity index (χ0) is 18.4. The average Bonchev–Trinajstić information content (AvgIpc) is 2.97. The second kappa shape index (κ2) is 6.29. The number of nitrogens with zero attached hydrogens (tertiary/aromatic N) is 1. The summed E-state index contributed by atoms with van der Waals surface area (Å²) in [5, 5.41) is 0.901. The number of thiophene rings is 1. The summed E-state index contributed by atoms with van der Waals surface area (Å²) in [5.74, 6) is 1.15. The number of nitrogen functional groups attached to an aromatic ring is 1. The first kappa shape index (κ1) is 16.8. The van der Waals surface area contributed by atoms with E-state index >= 15 is 0 Å². The van der Waals surface area contributed by atoms with Crippen molar-refractivity contribution in [1.82, 2.24) is 4.98 Å². The van der Waals surface area contributed by atoms with Gasteiger partial charge in [0.1, 0.15) is 22.9 Å². The van der Waals surface area contributed by atoms with Crippen LogP contribution in [0.1, 0.15) is 39.0 Å². The third kappa shape index (κ3) is 2.52. The standard InChI is InChI=1S/C20H20N2O3S/c1-4-13-10(2)16-17(21)19(26-20(16)22-11(13)3)18(23)12-5-6-14-15(9-12)25-8-7-24-14/h5-6,9H,4,7-8,21H2,1-3H3. The lowest BCUT2D eigenvalue weighted by Crippen LogP contribution is -2.15. The maximum atomic E-state index is 13.1. The van der Waals surface area contributed by atoms with E-state index in [1.165, 1.54) is 16.9 Å². The Morgan fingerprint density at radius 3 is 2.69 bits per heavy atom. The highest BCUT2D eigenvalue weighted by atomic mass is 32.1. The number of aryl methyl sites for hydroxylation is 2. The molecule has 1 aromatic carbocycles. The van der Waals surface area contributed by atoms with Gasteiger partial charge in [0.25, 0.3) is 0 Å². The zero-order valence-corrected chi connectivity index (χ0v) is 15.8. The second-order valence-corrected chi connectivity index (χ2v) is 7.37. The van der Waals surface area contributed by atoms with Gasteiger partial charge in [-0.1, -0.05) is 6.92 Å². The molecule has 0 unspecified atom stereocenters. The summed E-state index contributed by atoms with van der Waals surface area (Å²) in [6.45, 7) is 7.17. The number of pyridine rings is 1. The minimum absolute atomic E-state index is 0.113. The summed E-state index contributed by atoms with van der Waals surface area (Å²) in [7, 11) is 0. The summed E-state index contributed by atoms with van der Waals surface area (Å²) in [6, 6.07) is 5.25. The second-order valence-electron chi connectivity index (χ2n) is 6.37. The predicted molar refractivity (Wildman–Crippen MR) is 104 cm³/mol. The fourth-order valence-electron chi connectivity index (χ4n) is 3.52. The van der Waals surface area contributed by atoms with Gasteiger partial charge in [0.05, 0.1) is 5.69 Å². The van der Waals surface area contributed by atoms with Crippen LogP contribution in [0.15, 0.2) is 18.2 Å². The molecule has 2 N–H and O–H groups in total. The van der Waals surface area contributed by atoms with Crippen molar-refractivity contribution in [3.05, 3.63) is 45.5 Å². The Morgan fingerprint density at radius 2 is 1.96 bits per heavy atom. The van der Waals surface area contributed by atoms with Gasteiger partial charge in [-0.05, 0) is 49.6 Å². The molecule has 3 aromatic rings. The van der Waals surface area contributed by atoms with E-state index in [4.69, 9.17) is 15.2 Å². The molecule has 134 valence electrons. The Balaban J connectivity index is 1.83. The molecule has 0 bridgehead atoms. The number of carbonyl (C=O) groups is 1. The number of anilines is 1. The van der Waals surface area contributed by atoms with Crippen molar-refractivity contribution in [3.8, 4) is 11.5 Å². The maximum absolute atomic E-state index is 13.1. The Labute approximate surface area is 155 Å². The topological polar surface area (TPSA) is 74.4 Å². The molecule has 0 aliphatic carbocycles. The first-order valence-corrected chi connectivity index (χ1v) is 9.45. The fourth-order valence-corrected chi connectivity index (χ4v) is 4.68. The number of carbonyl (C=O) groups excluding carboxylic acids is 1. The summed E-state index contributed by atoms with van der Waals surface area (Å²) >= 11 is 1.35. The molecule has 1 aliphatic heterocycles. The lowest BCUT2D eigenvalue weighted by molar-refractivity contribution is 0.104. The predicted octanol–water partition coefficient (Wildman–Crippen LogP) is 4.06. The van der Waals surface area contributed by atoms with Crippen LogP contribution in [0.2, 0.25) is 0 Å². The molecule has 0 amide bonds. The maximum Gasteiger partial charge on any atom is 0.205 e. The number of ether oxygens (including phenoxy) is 2. The SMILES string of the molecule is CCc1c(C)nc2sc(C(=O)c3ccc4c(c3)OCCO4)c(N)c2c1C. The molecule has 0 saturated heterocycles. The minimum Gasteiger partial charge on any atom is -0.486 e. The highest BCUT2D eigenvalue weighted by molar-refractivity contribution is 7.21. The van der Waals surface area contributed by atoms with Crippen LogP contribution in [0.5, 0.6) is 11.5 Å². The molecule has 2 aromatic heterocycles. The Hall–Kier alpha value is -2.60. The summed E-state index contributed by atoms with van der Waals surface area (Å²) < 4.78 is 11.1. The van der Waals surface area contributed by atoms with Gasteiger partial charge in [-0.25, -0.2) is 4.98 Å². The molecular weight excluding hydrogens is 348 g/mol. The number of benzene rings is 1. The zero-order valence-electron chi connectivity index (χ0n) is 15.0. The summed E-state index contributed by atoms with van der Waals surface area (Å²) in [6.07, 6.45) is 0.890. The van der Waals surface area contributed by atoms with E-state index in [2.05, 4.69) is 18.8 Å². The largest absolute Gasteiger partial charge is 0.486 e.